The molecule has 1 amide bonds. The first-order valence-electron chi connectivity index (χ1n) is 5.75. The quantitative estimate of drug-likeness (QED) is 0.736. The third kappa shape index (κ3) is 5.09. The first kappa shape index (κ1) is 14.5. The molecular weight excluding hydrogens is 302 g/mol. The maximum absolute atomic E-state index is 12.0. The molecule has 0 heterocycles. The van der Waals surface area contributed by atoms with Crippen molar-refractivity contribution in [1.29, 1.82) is 0 Å². The van der Waals surface area contributed by atoms with Gasteiger partial charge in [-0.15, -0.1) is 11.6 Å². The van der Waals surface area contributed by atoms with Crippen molar-refractivity contribution in [2.45, 2.75) is 19.8 Å². The third-order valence-corrected chi connectivity index (χ3v) is 3.30. The van der Waals surface area contributed by atoms with Gasteiger partial charge >= 0.3 is 0 Å². The van der Waals surface area contributed by atoms with E-state index in [1.54, 1.807) is 0 Å². The molecule has 0 aliphatic rings. The van der Waals surface area contributed by atoms with Crippen molar-refractivity contribution in [1.82, 2.24) is 4.90 Å². The normalized spacial score (nSPS) is 10.3. The number of hydrogen-bond donors (Lipinski definition) is 0. The van der Waals surface area contributed by atoms with Crippen LogP contribution in [0.4, 0.5) is 0 Å². The Morgan fingerprint density at radius 2 is 2.24 bits per heavy atom. The van der Waals surface area contributed by atoms with Gasteiger partial charge in [0.2, 0.25) is 5.91 Å². The van der Waals surface area contributed by atoms with Crippen LogP contribution in [0.5, 0.6) is 0 Å². The molecule has 94 valence electrons. The van der Waals surface area contributed by atoms with E-state index in [2.05, 4.69) is 15.9 Å². The number of hydrogen-bond acceptors (Lipinski definition) is 1. The number of rotatable bonds is 6. The Morgan fingerprint density at radius 1 is 1.47 bits per heavy atom. The minimum atomic E-state index is 0.163. The van der Waals surface area contributed by atoms with Crippen molar-refractivity contribution in [2.75, 3.05) is 19.0 Å². The standard InChI is InChI=1S/C13H17BrClNO/c1-2-16(8-4-7-15)13(17)10-11-5-3-6-12(14)9-11/h3,5-6,9H,2,4,7-8,10H2,1H3. The smallest absolute Gasteiger partial charge is 0.226 e. The average Bonchev–Trinajstić information content (AvgIpc) is 2.30. The van der Waals surface area contributed by atoms with E-state index in [0.29, 0.717) is 12.3 Å². The second-order valence-corrected chi connectivity index (χ2v) is 5.12. The molecule has 4 heteroatoms. The molecule has 1 aromatic carbocycles. The summed E-state index contributed by atoms with van der Waals surface area (Å²) in [6.45, 7) is 3.48. The molecule has 0 unspecified atom stereocenters. The largest absolute Gasteiger partial charge is 0.343 e. The van der Waals surface area contributed by atoms with Crippen molar-refractivity contribution < 1.29 is 4.79 Å². The molecule has 0 fully saturated rings. The molecule has 0 aromatic heterocycles. The molecule has 0 saturated heterocycles. The van der Waals surface area contributed by atoms with Crippen LogP contribution in [-0.4, -0.2) is 29.8 Å². The van der Waals surface area contributed by atoms with E-state index in [4.69, 9.17) is 11.6 Å². The summed E-state index contributed by atoms with van der Waals surface area (Å²) in [5.41, 5.74) is 1.04. The lowest BCUT2D eigenvalue weighted by Crippen LogP contribution is -2.33. The first-order chi connectivity index (χ1) is 8.17. The van der Waals surface area contributed by atoms with Crippen LogP contribution in [0, 0.1) is 0 Å². The summed E-state index contributed by atoms with van der Waals surface area (Å²) >= 11 is 9.05. The van der Waals surface area contributed by atoms with Gasteiger partial charge < -0.3 is 4.90 Å². The number of halogens is 2. The van der Waals surface area contributed by atoms with Gasteiger partial charge in [0.15, 0.2) is 0 Å². The second-order valence-electron chi connectivity index (χ2n) is 3.82. The molecule has 0 N–H and O–H groups in total. The molecule has 0 saturated carbocycles. The number of benzene rings is 1. The first-order valence-corrected chi connectivity index (χ1v) is 7.08. The summed E-state index contributed by atoms with van der Waals surface area (Å²) < 4.78 is 1.01. The summed E-state index contributed by atoms with van der Waals surface area (Å²) in [5.74, 6) is 0.761. The van der Waals surface area contributed by atoms with Crippen molar-refractivity contribution in [3.63, 3.8) is 0 Å². The third-order valence-electron chi connectivity index (χ3n) is 2.54. The van der Waals surface area contributed by atoms with E-state index >= 15 is 0 Å². The molecule has 1 rings (SSSR count). The van der Waals surface area contributed by atoms with Crippen LogP contribution in [0.2, 0.25) is 0 Å². The minimum absolute atomic E-state index is 0.163. The SMILES string of the molecule is CCN(CCCCl)C(=O)Cc1cccc(Br)c1. The topological polar surface area (TPSA) is 20.3 Å². The van der Waals surface area contributed by atoms with Gasteiger partial charge in [0, 0.05) is 23.4 Å². The van der Waals surface area contributed by atoms with Crippen molar-refractivity contribution in [3.05, 3.63) is 34.3 Å². The number of carbonyl (C=O) groups excluding carboxylic acids is 1. The average molecular weight is 319 g/mol. The van der Waals surface area contributed by atoms with Crippen molar-refractivity contribution >= 4 is 33.4 Å². The molecule has 0 atom stereocenters. The van der Waals surface area contributed by atoms with Crippen LogP contribution < -0.4 is 0 Å². The van der Waals surface area contributed by atoms with Crippen LogP contribution in [0.25, 0.3) is 0 Å². The van der Waals surface area contributed by atoms with Gasteiger partial charge in [-0.3, -0.25) is 4.79 Å². The van der Waals surface area contributed by atoms with Crippen molar-refractivity contribution in [3.8, 4) is 0 Å². The summed E-state index contributed by atoms with van der Waals surface area (Å²) in [7, 11) is 0. The van der Waals surface area contributed by atoms with Gasteiger partial charge in [-0.05, 0) is 31.0 Å². The monoisotopic (exact) mass is 317 g/mol. The van der Waals surface area contributed by atoms with Gasteiger partial charge in [0.1, 0.15) is 0 Å². The fraction of sp³-hybridized carbons (Fsp3) is 0.462. The summed E-state index contributed by atoms with van der Waals surface area (Å²) in [4.78, 5) is 13.9. The van der Waals surface area contributed by atoms with E-state index in [1.807, 2.05) is 36.1 Å². The number of carbonyl (C=O) groups is 1. The van der Waals surface area contributed by atoms with E-state index < -0.39 is 0 Å². The van der Waals surface area contributed by atoms with Gasteiger partial charge in [0.25, 0.3) is 0 Å². The Bertz CT molecular complexity index is 370. The fourth-order valence-corrected chi connectivity index (χ4v) is 2.21. The molecular formula is C13H17BrClNO. The zero-order valence-electron chi connectivity index (χ0n) is 9.96. The van der Waals surface area contributed by atoms with Gasteiger partial charge in [-0.2, -0.15) is 0 Å². The summed E-state index contributed by atoms with van der Waals surface area (Å²) in [6, 6.07) is 7.85. The maximum Gasteiger partial charge on any atom is 0.226 e. The van der Waals surface area contributed by atoms with E-state index in [0.717, 1.165) is 29.5 Å². The number of nitrogens with zero attached hydrogens (tertiary/aromatic N) is 1. The van der Waals surface area contributed by atoms with E-state index in [-0.39, 0.29) is 5.91 Å². The zero-order valence-corrected chi connectivity index (χ0v) is 12.3. The number of likely N-dealkylation sites (N-methyl/N-ethyl adjacent to an activating group) is 1. The zero-order chi connectivity index (χ0) is 12.7. The maximum atomic E-state index is 12.0. The number of alkyl halides is 1. The Morgan fingerprint density at radius 3 is 2.82 bits per heavy atom. The molecule has 2 nitrogen and oxygen atoms in total. The Labute approximate surface area is 116 Å². The number of amides is 1. The van der Waals surface area contributed by atoms with Gasteiger partial charge in [-0.25, -0.2) is 0 Å². The lowest BCUT2D eigenvalue weighted by molar-refractivity contribution is -0.130. The highest BCUT2D eigenvalue weighted by Gasteiger charge is 2.11. The Kier molecular flexibility index (Phi) is 6.60. The molecule has 0 spiro atoms. The molecule has 0 radical (unpaired) electrons. The highest BCUT2D eigenvalue weighted by Crippen LogP contribution is 2.13. The predicted molar refractivity (Wildman–Crippen MR) is 75.4 cm³/mol. The summed E-state index contributed by atoms with van der Waals surface area (Å²) in [6.07, 6.45) is 1.30. The summed E-state index contributed by atoms with van der Waals surface area (Å²) in [5, 5.41) is 0. The highest BCUT2D eigenvalue weighted by atomic mass is 79.9. The van der Waals surface area contributed by atoms with Crippen LogP contribution in [0.15, 0.2) is 28.7 Å². The van der Waals surface area contributed by atoms with Crippen LogP contribution in [-0.2, 0) is 11.2 Å². The van der Waals surface area contributed by atoms with E-state index in [9.17, 15) is 4.79 Å². The second kappa shape index (κ2) is 7.72. The van der Waals surface area contributed by atoms with Crippen molar-refractivity contribution in [2.24, 2.45) is 0 Å². The molecule has 1 aromatic rings. The molecule has 0 aliphatic carbocycles. The Balaban J connectivity index is 2.57. The molecule has 0 bridgehead atoms. The lowest BCUT2D eigenvalue weighted by Gasteiger charge is -2.20. The highest BCUT2D eigenvalue weighted by molar-refractivity contribution is 9.10. The van der Waals surface area contributed by atoms with Crippen LogP contribution >= 0.6 is 27.5 Å². The fourth-order valence-electron chi connectivity index (χ4n) is 1.64. The van der Waals surface area contributed by atoms with E-state index in [1.165, 1.54) is 0 Å². The Hall–Kier alpha value is -0.540. The minimum Gasteiger partial charge on any atom is -0.343 e. The molecule has 0 aliphatic heterocycles. The molecule has 17 heavy (non-hydrogen) atoms. The predicted octanol–water partition coefficient (Wildman–Crippen LogP) is 3.47. The van der Waals surface area contributed by atoms with Gasteiger partial charge in [-0.1, -0.05) is 28.1 Å². The lowest BCUT2D eigenvalue weighted by atomic mass is 10.1. The van der Waals surface area contributed by atoms with Crippen LogP contribution in [0.1, 0.15) is 18.9 Å². The van der Waals surface area contributed by atoms with Gasteiger partial charge in [0.05, 0.1) is 6.42 Å². The van der Waals surface area contributed by atoms with Crippen LogP contribution in [0.3, 0.4) is 0 Å².